The van der Waals surface area contributed by atoms with Crippen LogP contribution in [-0.4, -0.2) is 31.4 Å². The number of fused-ring (bicyclic) bond motifs is 1. The zero-order valence-electron chi connectivity index (χ0n) is 17.1. The van der Waals surface area contributed by atoms with Crippen molar-refractivity contribution in [2.24, 2.45) is 0 Å². The molecule has 0 radical (unpaired) electrons. The highest BCUT2D eigenvalue weighted by atomic mass is 19.2. The Labute approximate surface area is 182 Å². The second kappa shape index (κ2) is 8.39. The van der Waals surface area contributed by atoms with Crippen LogP contribution in [0.1, 0.15) is 16.8 Å². The molecule has 0 bridgehead atoms. The third-order valence-corrected chi connectivity index (χ3v) is 5.53. The number of hydrogen-bond donors (Lipinski definition) is 1. The molecule has 160 valence electrons. The third-order valence-electron chi connectivity index (χ3n) is 5.53. The van der Waals surface area contributed by atoms with Crippen LogP contribution in [0, 0.1) is 11.6 Å². The highest BCUT2D eigenvalue weighted by Gasteiger charge is 2.21. The highest BCUT2D eigenvalue weighted by molar-refractivity contribution is 5.59. The van der Waals surface area contributed by atoms with Crippen molar-refractivity contribution in [3.63, 3.8) is 0 Å². The first kappa shape index (κ1) is 20.1. The molecule has 0 spiro atoms. The van der Waals surface area contributed by atoms with E-state index in [9.17, 15) is 13.6 Å². The summed E-state index contributed by atoms with van der Waals surface area (Å²) >= 11 is 0. The summed E-state index contributed by atoms with van der Waals surface area (Å²) in [7, 11) is 0. The standard InChI is InChI=1S/C24H19F2N5O/c25-19-5-4-16(10-20(19)26)21-6-3-15(11-28-21)13-31-9-7-22-18(14-31)24(32)30-23(29-22)17-2-1-8-27-12-17/h1-6,8,10-12H,7,9,13-14H2,(H,29,30,32). The van der Waals surface area contributed by atoms with Gasteiger partial charge in [-0.15, -0.1) is 0 Å². The van der Waals surface area contributed by atoms with Gasteiger partial charge < -0.3 is 4.98 Å². The lowest BCUT2D eigenvalue weighted by Crippen LogP contribution is -2.35. The van der Waals surface area contributed by atoms with Crippen LogP contribution < -0.4 is 5.56 Å². The average molecular weight is 431 g/mol. The molecule has 8 heteroatoms. The smallest absolute Gasteiger partial charge is 0.255 e. The van der Waals surface area contributed by atoms with E-state index in [4.69, 9.17) is 0 Å². The van der Waals surface area contributed by atoms with Crippen LogP contribution in [0.4, 0.5) is 8.78 Å². The molecule has 1 aliphatic rings. The molecule has 0 saturated heterocycles. The van der Waals surface area contributed by atoms with Crippen LogP contribution >= 0.6 is 0 Å². The number of nitrogens with one attached hydrogen (secondary N) is 1. The van der Waals surface area contributed by atoms with Crippen molar-refractivity contribution < 1.29 is 8.78 Å². The number of aromatic amines is 1. The predicted octanol–water partition coefficient (Wildman–Crippen LogP) is 3.73. The van der Waals surface area contributed by atoms with E-state index in [0.29, 0.717) is 42.2 Å². The highest BCUT2D eigenvalue weighted by Crippen LogP contribution is 2.22. The minimum absolute atomic E-state index is 0.134. The second-order valence-corrected chi connectivity index (χ2v) is 7.72. The Morgan fingerprint density at radius 2 is 1.94 bits per heavy atom. The summed E-state index contributed by atoms with van der Waals surface area (Å²) in [6, 6.07) is 11.1. The first-order valence-electron chi connectivity index (χ1n) is 10.2. The SMILES string of the molecule is O=c1[nH]c(-c2cccnc2)nc2c1CN(Cc1ccc(-c3ccc(F)c(F)c3)nc1)CC2. The van der Waals surface area contributed by atoms with E-state index in [2.05, 4.69) is 24.8 Å². The van der Waals surface area contributed by atoms with Gasteiger partial charge in [-0.2, -0.15) is 0 Å². The van der Waals surface area contributed by atoms with Gasteiger partial charge in [0.05, 0.1) is 17.0 Å². The zero-order valence-corrected chi connectivity index (χ0v) is 17.1. The van der Waals surface area contributed by atoms with Gasteiger partial charge in [-0.05, 0) is 42.0 Å². The molecule has 1 aromatic carbocycles. The first-order chi connectivity index (χ1) is 15.6. The molecular weight excluding hydrogens is 412 g/mol. The molecule has 6 nitrogen and oxygen atoms in total. The van der Waals surface area contributed by atoms with Gasteiger partial charge in [0.25, 0.3) is 5.56 Å². The number of benzene rings is 1. The molecule has 0 saturated carbocycles. The molecule has 1 aliphatic heterocycles. The molecule has 5 rings (SSSR count). The van der Waals surface area contributed by atoms with E-state index in [1.54, 1.807) is 24.7 Å². The predicted molar refractivity (Wildman–Crippen MR) is 115 cm³/mol. The summed E-state index contributed by atoms with van der Waals surface area (Å²) in [5, 5.41) is 0. The third kappa shape index (κ3) is 4.04. The van der Waals surface area contributed by atoms with Gasteiger partial charge in [-0.1, -0.05) is 6.07 Å². The first-order valence-corrected chi connectivity index (χ1v) is 10.2. The molecule has 0 aliphatic carbocycles. The summed E-state index contributed by atoms with van der Waals surface area (Å²) in [4.78, 5) is 30.9. The van der Waals surface area contributed by atoms with Gasteiger partial charge in [0.1, 0.15) is 5.82 Å². The fraction of sp³-hybridized carbons (Fsp3) is 0.167. The molecule has 3 aromatic heterocycles. The quantitative estimate of drug-likeness (QED) is 0.533. The second-order valence-electron chi connectivity index (χ2n) is 7.72. The van der Waals surface area contributed by atoms with Gasteiger partial charge in [0.15, 0.2) is 11.6 Å². The fourth-order valence-corrected chi connectivity index (χ4v) is 3.86. The molecule has 4 aromatic rings. The lowest BCUT2D eigenvalue weighted by atomic mass is 10.1. The number of pyridine rings is 2. The number of halogens is 2. The fourth-order valence-electron chi connectivity index (χ4n) is 3.86. The maximum Gasteiger partial charge on any atom is 0.255 e. The van der Waals surface area contributed by atoms with E-state index < -0.39 is 11.6 Å². The molecule has 0 fully saturated rings. The summed E-state index contributed by atoms with van der Waals surface area (Å²) in [5.74, 6) is -1.24. The van der Waals surface area contributed by atoms with E-state index in [1.807, 2.05) is 18.2 Å². The van der Waals surface area contributed by atoms with Crippen molar-refractivity contribution in [2.75, 3.05) is 6.54 Å². The van der Waals surface area contributed by atoms with Crippen LogP contribution in [0.3, 0.4) is 0 Å². The van der Waals surface area contributed by atoms with Gasteiger partial charge >= 0.3 is 0 Å². The van der Waals surface area contributed by atoms with Crippen molar-refractivity contribution in [3.8, 4) is 22.6 Å². The van der Waals surface area contributed by atoms with Crippen molar-refractivity contribution in [1.29, 1.82) is 0 Å². The van der Waals surface area contributed by atoms with E-state index >= 15 is 0 Å². The van der Waals surface area contributed by atoms with Crippen molar-refractivity contribution in [3.05, 3.63) is 99.9 Å². The molecule has 32 heavy (non-hydrogen) atoms. The maximum atomic E-state index is 13.5. The summed E-state index contributed by atoms with van der Waals surface area (Å²) in [5.41, 5.74) is 4.19. The van der Waals surface area contributed by atoms with Crippen LogP contribution in [0.5, 0.6) is 0 Å². The minimum atomic E-state index is -0.897. The molecule has 1 N–H and O–H groups in total. The Balaban J connectivity index is 1.31. The topological polar surface area (TPSA) is 74.8 Å². The maximum absolute atomic E-state index is 13.5. The van der Waals surface area contributed by atoms with Crippen LogP contribution in [0.2, 0.25) is 0 Å². The average Bonchev–Trinajstić information content (AvgIpc) is 2.82. The largest absolute Gasteiger partial charge is 0.306 e. The van der Waals surface area contributed by atoms with E-state index in [0.717, 1.165) is 35.5 Å². The van der Waals surface area contributed by atoms with Gasteiger partial charge in [0.2, 0.25) is 0 Å². The Morgan fingerprint density at radius 3 is 2.69 bits per heavy atom. The molecule has 0 amide bonds. The lowest BCUT2D eigenvalue weighted by Gasteiger charge is -2.27. The Hall–Kier alpha value is -3.78. The number of aromatic nitrogens is 4. The Morgan fingerprint density at radius 1 is 1.03 bits per heavy atom. The van der Waals surface area contributed by atoms with Crippen molar-refractivity contribution >= 4 is 0 Å². The van der Waals surface area contributed by atoms with Gasteiger partial charge in [-0.25, -0.2) is 13.8 Å². The van der Waals surface area contributed by atoms with Crippen LogP contribution in [0.25, 0.3) is 22.6 Å². The summed E-state index contributed by atoms with van der Waals surface area (Å²) in [6.45, 7) is 1.88. The number of rotatable bonds is 4. The van der Waals surface area contributed by atoms with Gasteiger partial charge in [0, 0.05) is 55.8 Å². The minimum Gasteiger partial charge on any atom is -0.306 e. The lowest BCUT2D eigenvalue weighted by molar-refractivity contribution is 0.241. The van der Waals surface area contributed by atoms with E-state index in [1.165, 1.54) is 6.07 Å². The number of hydrogen-bond acceptors (Lipinski definition) is 5. The number of H-pyrrole nitrogens is 1. The molecular formula is C24H19F2N5O. The van der Waals surface area contributed by atoms with Gasteiger partial charge in [-0.3, -0.25) is 19.7 Å². The van der Waals surface area contributed by atoms with Crippen molar-refractivity contribution in [1.82, 2.24) is 24.8 Å². The van der Waals surface area contributed by atoms with E-state index in [-0.39, 0.29) is 5.56 Å². The summed E-state index contributed by atoms with van der Waals surface area (Å²) in [6.07, 6.45) is 5.75. The summed E-state index contributed by atoms with van der Waals surface area (Å²) < 4.78 is 26.6. The van der Waals surface area contributed by atoms with Crippen LogP contribution in [0.15, 0.2) is 65.8 Å². The molecule has 0 unspecified atom stereocenters. The van der Waals surface area contributed by atoms with Crippen LogP contribution in [-0.2, 0) is 19.5 Å². The molecule has 4 heterocycles. The zero-order chi connectivity index (χ0) is 22.1. The monoisotopic (exact) mass is 431 g/mol. The van der Waals surface area contributed by atoms with Crippen molar-refractivity contribution in [2.45, 2.75) is 19.5 Å². The Bertz CT molecular complexity index is 1320. The number of nitrogens with zero attached hydrogens (tertiary/aromatic N) is 4. The normalized spacial score (nSPS) is 13.7. The Kier molecular flexibility index (Phi) is 5.28. The molecule has 0 atom stereocenters.